The Bertz CT molecular complexity index is 1630. The van der Waals surface area contributed by atoms with E-state index in [-0.39, 0.29) is 5.02 Å². The monoisotopic (exact) mass is 562 g/mol. The van der Waals surface area contributed by atoms with E-state index in [4.69, 9.17) is 16.6 Å². The van der Waals surface area contributed by atoms with Crippen molar-refractivity contribution < 1.29 is 4.39 Å². The van der Waals surface area contributed by atoms with E-state index in [2.05, 4.69) is 70.6 Å². The Kier molecular flexibility index (Phi) is 8.14. The molecule has 1 aromatic heterocycles. The molecule has 41 heavy (non-hydrogen) atoms. The second-order valence-corrected chi connectivity index (χ2v) is 11.4. The summed E-state index contributed by atoms with van der Waals surface area (Å²) in [6.07, 6.45) is 4.01. The Labute approximate surface area is 245 Å². The van der Waals surface area contributed by atoms with Gasteiger partial charge >= 0.3 is 0 Å². The topological polar surface area (TPSA) is 55.7 Å². The molecule has 4 nitrogen and oxygen atoms in total. The number of nitrogens with zero attached hydrogens (tertiary/aromatic N) is 3. The van der Waals surface area contributed by atoms with Crippen LogP contribution in [-0.2, 0) is 13.0 Å². The zero-order chi connectivity index (χ0) is 28.2. The molecule has 1 aliphatic heterocycles. The van der Waals surface area contributed by atoms with Crippen molar-refractivity contribution in [3.8, 4) is 17.2 Å². The Morgan fingerprint density at radius 3 is 2.49 bits per heavy atom. The van der Waals surface area contributed by atoms with Crippen LogP contribution in [0, 0.1) is 23.1 Å². The number of piperidine rings is 1. The van der Waals surface area contributed by atoms with Gasteiger partial charge in [0.15, 0.2) is 0 Å². The number of aryl methyl sites for hydroxylation is 1. The minimum Gasteiger partial charge on any atom is -0.342 e. The maximum atomic E-state index is 14.0. The van der Waals surface area contributed by atoms with Gasteiger partial charge in [-0.2, -0.15) is 5.26 Å². The predicted octanol–water partition coefficient (Wildman–Crippen LogP) is 8.52. The van der Waals surface area contributed by atoms with E-state index >= 15 is 0 Å². The van der Waals surface area contributed by atoms with Crippen molar-refractivity contribution >= 4 is 22.6 Å². The highest BCUT2D eigenvalue weighted by Crippen LogP contribution is 2.37. The Morgan fingerprint density at radius 1 is 0.951 bits per heavy atom. The van der Waals surface area contributed by atoms with Crippen molar-refractivity contribution in [3.05, 3.63) is 124 Å². The highest BCUT2D eigenvalue weighted by molar-refractivity contribution is 6.31. The number of H-pyrrole nitrogens is 1. The fraction of sp³-hybridized carbons (Fsp3) is 0.257. The molecule has 0 amide bonds. The van der Waals surface area contributed by atoms with Gasteiger partial charge in [0.1, 0.15) is 11.6 Å². The second-order valence-electron chi connectivity index (χ2n) is 11.0. The number of nitriles is 1. The molecule has 1 unspecified atom stereocenters. The molecule has 0 saturated carbocycles. The third kappa shape index (κ3) is 6.35. The Hall–Kier alpha value is -3.98. The first-order valence-corrected chi connectivity index (χ1v) is 14.6. The van der Waals surface area contributed by atoms with Crippen molar-refractivity contribution in [2.45, 2.75) is 38.1 Å². The zero-order valence-electron chi connectivity index (χ0n) is 22.9. The Morgan fingerprint density at radius 2 is 1.73 bits per heavy atom. The van der Waals surface area contributed by atoms with E-state index in [9.17, 15) is 9.65 Å². The number of benzene rings is 4. The summed E-state index contributed by atoms with van der Waals surface area (Å²) in [7, 11) is 0. The van der Waals surface area contributed by atoms with Crippen LogP contribution in [0.3, 0.4) is 0 Å². The largest absolute Gasteiger partial charge is 0.342 e. The molecule has 0 bridgehead atoms. The lowest BCUT2D eigenvalue weighted by atomic mass is 9.77. The molecule has 1 aliphatic rings. The van der Waals surface area contributed by atoms with Gasteiger partial charge in [0, 0.05) is 19.0 Å². The van der Waals surface area contributed by atoms with Crippen LogP contribution in [0.1, 0.15) is 47.7 Å². The summed E-state index contributed by atoms with van der Waals surface area (Å²) in [6.45, 7) is 3.15. The second kappa shape index (κ2) is 12.3. The van der Waals surface area contributed by atoms with Gasteiger partial charge in [0.25, 0.3) is 0 Å². The molecule has 1 atom stereocenters. The van der Waals surface area contributed by atoms with Crippen LogP contribution < -0.4 is 0 Å². The SMILES string of the molecule is N#Cc1cccc(-c2ccc(C(CCc3nc4cc(Cl)c(F)cc4[nH]3)C3CCN(Cc4ccccc4)CC3)cc2)c1. The summed E-state index contributed by atoms with van der Waals surface area (Å²) in [5.74, 6) is 1.36. The van der Waals surface area contributed by atoms with Crippen molar-refractivity contribution in [1.29, 1.82) is 5.26 Å². The summed E-state index contributed by atoms with van der Waals surface area (Å²) in [5, 5.41) is 9.41. The van der Waals surface area contributed by atoms with Gasteiger partial charge in [-0.05, 0) is 84.6 Å². The van der Waals surface area contributed by atoms with Crippen molar-refractivity contribution in [3.63, 3.8) is 0 Å². The molecule has 6 heteroatoms. The summed E-state index contributed by atoms with van der Waals surface area (Å²) in [6, 6.07) is 32.5. The Balaban J connectivity index is 1.21. The molecule has 0 spiro atoms. The first-order chi connectivity index (χ1) is 20.1. The average molecular weight is 563 g/mol. The summed E-state index contributed by atoms with van der Waals surface area (Å²) in [5.41, 5.74) is 6.89. The molecule has 1 N–H and O–H groups in total. The molecule has 5 aromatic rings. The lowest BCUT2D eigenvalue weighted by molar-refractivity contribution is 0.159. The molecule has 6 rings (SSSR count). The minimum atomic E-state index is -0.435. The normalized spacial score (nSPS) is 15.1. The molecule has 2 heterocycles. The number of rotatable bonds is 8. The number of aromatic amines is 1. The molecule has 1 saturated heterocycles. The molecular formula is C35H32ClFN4. The highest BCUT2D eigenvalue weighted by Gasteiger charge is 2.28. The van der Waals surface area contributed by atoms with Crippen molar-refractivity contribution in [2.24, 2.45) is 5.92 Å². The van der Waals surface area contributed by atoms with Crippen LogP contribution in [0.4, 0.5) is 4.39 Å². The average Bonchev–Trinajstić information content (AvgIpc) is 3.40. The van der Waals surface area contributed by atoms with Crippen molar-refractivity contribution in [2.75, 3.05) is 13.1 Å². The molecule has 1 fully saturated rings. The number of likely N-dealkylation sites (tertiary alicyclic amines) is 1. The number of fused-ring (bicyclic) bond motifs is 1. The van der Waals surface area contributed by atoms with E-state index in [0.29, 0.717) is 28.4 Å². The van der Waals surface area contributed by atoms with Gasteiger partial charge < -0.3 is 4.98 Å². The highest BCUT2D eigenvalue weighted by atomic mass is 35.5. The van der Waals surface area contributed by atoms with Crippen LogP contribution in [0.25, 0.3) is 22.2 Å². The predicted molar refractivity (Wildman–Crippen MR) is 163 cm³/mol. The number of imidazole rings is 1. The molecule has 4 aromatic carbocycles. The van der Waals surface area contributed by atoms with Gasteiger partial charge in [0.2, 0.25) is 0 Å². The van der Waals surface area contributed by atoms with E-state index in [1.54, 1.807) is 6.07 Å². The standard InChI is InChI=1S/C35H32ClFN4/c36-31-20-33-34(21-32(31)37)40-35(39-33)14-13-30(28-15-17-41(18-16-28)23-24-5-2-1-3-6-24)27-11-9-26(10-12-27)29-8-4-7-25(19-29)22-38/h1-12,19-21,28,30H,13-18,23H2,(H,39,40). The number of aromatic nitrogens is 2. The van der Waals surface area contributed by atoms with Gasteiger partial charge in [0.05, 0.1) is 27.7 Å². The van der Waals surface area contributed by atoms with Crippen LogP contribution in [0.2, 0.25) is 5.02 Å². The van der Waals surface area contributed by atoms with Gasteiger partial charge in [-0.1, -0.05) is 78.3 Å². The zero-order valence-corrected chi connectivity index (χ0v) is 23.6. The summed E-state index contributed by atoms with van der Waals surface area (Å²) >= 11 is 5.99. The number of halogens is 2. The maximum absolute atomic E-state index is 14.0. The summed E-state index contributed by atoms with van der Waals surface area (Å²) < 4.78 is 14.0. The van der Waals surface area contributed by atoms with Crippen LogP contribution in [0.15, 0.2) is 91.0 Å². The lowest BCUT2D eigenvalue weighted by Gasteiger charge is -2.36. The third-order valence-corrected chi connectivity index (χ3v) is 8.67. The number of hydrogen-bond acceptors (Lipinski definition) is 3. The quantitative estimate of drug-likeness (QED) is 0.206. The summed E-state index contributed by atoms with van der Waals surface area (Å²) in [4.78, 5) is 10.6. The third-order valence-electron chi connectivity index (χ3n) is 8.38. The van der Waals surface area contributed by atoms with Gasteiger partial charge in [-0.3, -0.25) is 4.90 Å². The maximum Gasteiger partial charge on any atom is 0.144 e. The minimum absolute atomic E-state index is 0.0936. The van der Waals surface area contributed by atoms with Crippen LogP contribution in [0.5, 0.6) is 0 Å². The molecule has 0 aliphatic carbocycles. The smallest absolute Gasteiger partial charge is 0.144 e. The number of hydrogen-bond donors (Lipinski definition) is 1. The molecule has 206 valence electrons. The fourth-order valence-corrected chi connectivity index (χ4v) is 6.35. The van der Waals surface area contributed by atoms with E-state index < -0.39 is 5.82 Å². The molecular weight excluding hydrogens is 531 g/mol. The lowest BCUT2D eigenvalue weighted by Crippen LogP contribution is -2.35. The van der Waals surface area contributed by atoms with E-state index in [0.717, 1.165) is 62.3 Å². The molecule has 0 radical (unpaired) electrons. The van der Waals surface area contributed by atoms with Gasteiger partial charge in [-0.15, -0.1) is 0 Å². The van der Waals surface area contributed by atoms with Crippen LogP contribution >= 0.6 is 11.6 Å². The fourth-order valence-electron chi connectivity index (χ4n) is 6.19. The van der Waals surface area contributed by atoms with Gasteiger partial charge in [-0.25, -0.2) is 9.37 Å². The van der Waals surface area contributed by atoms with E-state index in [1.807, 2.05) is 24.3 Å². The number of nitrogens with one attached hydrogen (secondary N) is 1. The van der Waals surface area contributed by atoms with Crippen LogP contribution in [-0.4, -0.2) is 28.0 Å². The van der Waals surface area contributed by atoms with E-state index in [1.165, 1.54) is 17.2 Å². The first-order valence-electron chi connectivity index (χ1n) is 14.3. The van der Waals surface area contributed by atoms with Crippen molar-refractivity contribution in [1.82, 2.24) is 14.9 Å². The first kappa shape index (κ1) is 27.2.